The highest BCUT2D eigenvalue weighted by molar-refractivity contribution is 14.0. The molecule has 2 aliphatic heterocycles. The van der Waals surface area contributed by atoms with Crippen molar-refractivity contribution >= 4 is 29.9 Å². The van der Waals surface area contributed by atoms with Crippen LogP contribution >= 0.6 is 24.0 Å². The molecule has 0 amide bonds. The van der Waals surface area contributed by atoms with Gasteiger partial charge in [0.1, 0.15) is 5.76 Å². The molecule has 3 heterocycles. The zero-order valence-corrected chi connectivity index (χ0v) is 18.8. The molecule has 4 rings (SSSR count). The minimum absolute atomic E-state index is 0. The number of hydrogen-bond donors (Lipinski definition) is 1. The maximum Gasteiger partial charge on any atom is 0.194 e. The lowest BCUT2D eigenvalue weighted by Crippen LogP contribution is -2.47. The largest absolute Gasteiger partial charge is 0.469 e. The van der Waals surface area contributed by atoms with Crippen LogP contribution in [0.5, 0.6) is 0 Å². The number of nitrogens with zero attached hydrogens (tertiary/aromatic N) is 3. The molecule has 1 aromatic rings. The summed E-state index contributed by atoms with van der Waals surface area (Å²) in [5.41, 5.74) is 0. The first-order valence-electron chi connectivity index (χ1n) is 10.7. The number of guanidine groups is 1. The number of rotatable bonds is 5. The van der Waals surface area contributed by atoms with Gasteiger partial charge in [0, 0.05) is 38.1 Å². The Morgan fingerprint density at radius 2 is 1.89 bits per heavy atom. The van der Waals surface area contributed by atoms with Crippen LogP contribution in [0.4, 0.5) is 0 Å². The predicted molar refractivity (Wildman–Crippen MR) is 121 cm³/mol. The van der Waals surface area contributed by atoms with E-state index in [-0.39, 0.29) is 24.0 Å². The summed E-state index contributed by atoms with van der Waals surface area (Å²) >= 11 is 0. The Bertz CT molecular complexity index is 565. The lowest BCUT2D eigenvalue weighted by Gasteiger charge is -2.30. The molecule has 2 saturated heterocycles. The van der Waals surface area contributed by atoms with E-state index in [0.29, 0.717) is 6.04 Å². The highest BCUT2D eigenvalue weighted by Crippen LogP contribution is 2.22. The normalized spacial score (nSPS) is 25.0. The van der Waals surface area contributed by atoms with E-state index in [1.165, 1.54) is 64.5 Å². The zero-order valence-electron chi connectivity index (χ0n) is 16.4. The summed E-state index contributed by atoms with van der Waals surface area (Å²) in [6.45, 7) is 5.66. The number of nitrogens with one attached hydrogen (secondary N) is 1. The molecule has 6 heteroatoms. The third-order valence-corrected chi connectivity index (χ3v) is 6.26. The summed E-state index contributed by atoms with van der Waals surface area (Å²) in [6, 6.07) is 5.34. The van der Waals surface area contributed by atoms with Crippen molar-refractivity contribution in [2.45, 2.75) is 69.9 Å². The van der Waals surface area contributed by atoms with E-state index in [4.69, 9.17) is 9.41 Å². The van der Waals surface area contributed by atoms with Crippen molar-refractivity contribution in [1.29, 1.82) is 0 Å². The summed E-state index contributed by atoms with van der Waals surface area (Å²) in [5.74, 6) is 2.17. The summed E-state index contributed by atoms with van der Waals surface area (Å²) < 4.78 is 5.47. The fourth-order valence-electron chi connectivity index (χ4n) is 4.73. The Morgan fingerprint density at radius 1 is 1.07 bits per heavy atom. The summed E-state index contributed by atoms with van der Waals surface area (Å²) in [7, 11) is 0. The molecule has 152 valence electrons. The van der Waals surface area contributed by atoms with E-state index in [1.54, 1.807) is 6.26 Å². The first-order valence-corrected chi connectivity index (χ1v) is 10.7. The maximum atomic E-state index is 5.47. The lowest BCUT2D eigenvalue weighted by molar-refractivity contribution is 0.248. The molecule has 1 unspecified atom stereocenters. The summed E-state index contributed by atoms with van der Waals surface area (Å²) in [6.07, 6.45) is 13.4. The van der Waals surface area contributed by atoms with Gasteiger partial charge in [0.25, 0.3) is 0 Å². The van der Waals surface area contributed by atoms with Gasteiger partial charge in [-0.2, -0.15) is 0 Å². The van der Waals surface area contributed by atoms with Gasteiger partial charge in [0.15, 0.2) is 5.96 Å². The van der Waals surface area contributed by atoms with Crippen LogP contribution in [-0.2, 0) is 6.42 Å². The van der Waals surface area contributed by atoms with E-state index in [2.05, 4.69) is 15.1 Å². The average molecular weight is 486 g/mol. The summed E-state index contributed by atoms with van der Waals surface area (Å²) in [5, 5.41) is 3.82. The second-order valence-electron chi connectivity index (χ2n) is 8.15. The molecule has 0 radical (unpaired) electrons. The first-order chi connectivity index (χ1) is 12.9. The molecule has 3 fully saturated rings. The fourth-order valence-corrected chi connectivity index (χ4v) is 4.73. The van der Waals surface area contributed by atoms with Crippen molar-refractivity contribution < 1.29 is 4.42 Å². The number of aliphatic imine (C=N–C) groups is 1. The molecular weight excluding hydrogens is 451 g/mol. The van der Waals surface area contributed by atoms with Crippen molar-refractivity contribution in [3.05, 3.63) is 24.2 Å². The van der Waals surface area contributed by atoms with Gasteiger partial charge in [0.2, 0.25) is 0 Å². The van der Waals surface area contributed by atoms with Crippen molar-refractivity contribution in [3.8, 4) is 0 Å². The second kappa shape index (κ2) is 10.7. The summed E-state index contributed by atoms with van der Waals surface area (Å²) in [4.78, 5) is 10.2. The maximum absolute atomic E-state index is 5.47. The number of hydrogen-bond acceptors (Lipinski definition) is 3. The van der Waals surface area contributed by atoms with Crippen LogP contribution in [-0.4, -0.2) is 60.6 Å². The van der Waals surface area contributed by atoms with Crippen LogP contribution in [0.2, 0.25) is 0 Å². The molecule has 0 aromatic carbocycles. The molecule has 1 N–H and O–H groups in total. The molecular formula is C21H35IN4O. The van der Waals surface area contributed by atoms with Crippen LogP contribution in [0, 0.1) is 0 Å². The molecule has 1 aliphatic carbocycles. The topological polar surface area (TPSA) is 44.0 Å². The molecule has 27 heavy (non-hydrogen) atoms. The van der Waals surface area contributed by atoms with E-state index in [1.807, 2.05) is 12.1 Å². The third kappa shape index (κ3) is 5.86. The smallest absolute Gasteiger partial charge is 0.194 e. The van der Waals surface area contributed by atoms with Gasteiger partial charge in [0.05, 0.1) is 6.26 Å². The first kappa shape index (κ1) is 21.0. The Hall–Kier alpha value is -0.760. The Balaban J connectivity index is 0.00000210. The molecule has 0 spiro atoms. The molecule has 5 nitrogen and oxygen atoms in total. The third-order valence-electron chi connectivity index (χ3n) is 6.26. The van der Waals surface area contributed by atoms with Crippen molar-refractivity contribution in [2.75, 3.05) is 32.7 Å². The molecule has 3 aliphatic rings. The van der Waals surface area contributed by atoms with Crippen molar-refractivity contribution in [1.82, 2.24) is 15.1 Å². The number of likely N-dealkylation sites (tertiary alicyclic amines) is 2. The quantitative estimate of drug-likeness (QED) is 0.390. The van der Waals surface area contributed by atoms with Crippen LogP contribution < -0.4 is 5.32 Å². The van der Waals surface area contributed by atoms with Gasteiger partial charge >= 0.3 is 0 Å². The minimum atomic E-state index is 0. The van der Waals surface area contributed by atoms with Gasteiger partial charge in [-0.25, -0.2) is 0 Å². The zero-order chi connectivity index (χ0) is 17.6. The van der Waals surface area contributed by atoms with Gasteiger partial charge in [-0.15, -0.1) is 24.0 Å². The molecule has 0 bridgehead atoms. The highest BCUT2D eigenvalue weighted by atomic mass is 127. The van der Waals surface area contributed by atoms with E-state index < -0.39 is 0 Å². The predicted octanol–water partition coefficient (Wildman–Crippen LogP) is 3.89. The second-order valence-corrected chi connectivity index (χ2v) is 8.15. The minimum Gasteiger partial charge on any atom is -0.469 e. The van der Waals surface area contributed by atoms with Crippen LogP contribution in [0.1, 0.15) is 57.1 Å². The van der Waals surface area contributed by atoms with Crippen LogP contribution in [0.25, 0.3) is 0 Å². The van der Waals surface area contributed by atoms with E-state index in [0.717, 1.165) is 43.8 Å². The van der Waals surface area contributed by atoms with E-state index in [9.17, 15) is 0 Å². The van der Waals surface area contributed by atoms with Crippen molar-refractivity contribution in [3.63, 3.8) is 0 Å². The van der Waals surface area contributed by atoms with Crippen LogP contribution in [0.15, 0.2) is 27.8 Å². The molecule has 1 atom stereocenters. The Morgan fingerprint density at radius 3 is 2.63 bits per heavy atom. The Labute approximate surface area is 181 Å². The lowest BCUT2D eigenvalue weighted by atomic mass is 9.96. The monoisotopic (exact) mass is 486 g/mol. The van der Waals surface area contributed by atoms with Gasteiger partial charge in [-0.05, 0) is 57.3 Å². The Kier molecular flexibility index (Phi) is 8.30. The molecule has 1 saturated carbocycles. The van der Waals surface area contributed by atoms with E-state index >= 15 is 0 Å². The highest BCUT2D eigenvalue weighted by Gasteiger charge is 2.31. The van der Waals surface area contributed by atoms with Crippen molar-refractivity contribution in [2.24, 2.45) is 4.99 Å². The average Bonchev–Trinajstić information content (AvgIpc) is 3.42. The standard InChI is InChI=1S/C21H34N4O.HI/c1-2-7-18(8-3-1)23-21(22-12-10-20-9-6-16-26-20)25-15-11-19(17-25)24-13-4-5-14-24;/h6,9,16,18-19H,1-5,7-8,10-15,17H2,(H,22,23);1H. The van der Waals surface area contributed by atoms with Gasteiger partial charge in [-0.3, -0.25) is 9.89 Å². The van der Waals surface area contributed by atoms with Gasteiger partial charge < -0.3 is 14.6 Å². The number of halogens is 1. The van der Waals surface area contributed by atoms with Crippen LogP contribution in [0.3, 0.4) is 0 Å². The SMILES string of the molecule is I.c1coc(CCN=C(NC2CCCCC2)N2CCC(N3CCCC3)C2)c1. The number of furan rings is 1. The fraction of sp³-hybridized carbons (Fsp3) is 0.762. The molecule has 1 aromatic heterocycles. The van der Waals surface area contributed by atoms with Gasteiger partial charge in [-0.1, -0.05) is 19.3 Å².